The zero-order chi connectivity index (χ0) is 15.9. The Morgan fingerprint density at radius 1 is 1.45 bits per heavy atom. The minimum absolute atomic E-state index is 0.00179. The van der Waals surface area contributed by atoms with E-state index >= 15 is 0 Å². The van der Waals surface area contributed by atoms with Gasteiger partial charge in [-0.3, -0.25) is 4.18 Å². The van der Waals surface area contributed by atoms with E-state index in [-0.39, 0.29) is 23.7 Å². The van der Waals surface area contributed by atoms with Crippen LogP contribution >= 0.6 is 11.8 Å². The first-order valence-electron chi connectivity index (χ1n) is 6.73. The molecule has 3 aliphatic rings. The van der Waals surface area contributed by atoms with Crippen LogP contribution in [0.5, 0.6) is 0 Å². The second-order valence-electron chi connectivity index (χ2n) is 5.14. The van der Waals surface area contributed by atoms with Gasteiger partial charge in [-0.05, 0) is 6.42 Å². The molecule has 3 fully saturated rings. The van der Waals surface area contributed by atoms with Crippen molar-refractivity contribution in [2.24, 2.45) is 0 Å². The Bertz CT molecular complexity index is 605. The molecular weight excluding hydrogens is 334 g/mol. The highest BCUT2D eigenvalue weighted by molar-refractivity contribution is 8.03. The summed E-state index contributed by atoms with van der Waals surface area (Å²) >= 11 is 1.51. The van der Waals surface area contributed by atoms with Crippen molar-refractivity contribution in [3.05, 3.63) is 12.7 Å². The molecule has 5 unspecified atom stereocenters. The molecule has 3 heterocycles. The fourth-order valence-electron chi connectivity index (χ4n) is 2.90. The number of hydrogen-bond donors (Lipinski definition) is 1. The molecule has 10 heteroatoms. The molecule has 0 aromatic carbocycles. The summed E-state index contributed by atoms with van der Waals surface area (Å²) in [5.74, 6) is -0.574. The molecule has 0 radical (unpaired) electrons. The van der Waals surface area contributed by atoms with E-state index in [4.69, 9.17) is 13.7 Å². The number of hydrogen-bond acceptors (Lipinski definition) is 8. The highest BCUT2D eigenvalue weighted by atomic mass is 32.2. The van der Waals surface area contributed by atoms with Gasteiger partial charge in [-0.15, -0.1) is 11.8 Å². The van der Waals surface area contributed by atoms with E-state index in [9.17, 15) is 18.0 Å². The predicted molar refractivity (Wildman–Crippen MR) is 76.8 cm³/mol. The fraction of sp³-hybridized carbons (Fsp3) is 0.667. The first-order chi connectivity index (χ1) is 10.4. The van der Waals surface area contributed by atoms with Gasteiger partial charge in [0.25, 0.3) is 10.1 Å². The van der Waals surface area contributed by atoms with E-state index in [2.05, 4.69) is 11.9 Å². The molecule has 122 valence electrons. The highest BCUT2D eigenvalue weighted by Gasteiger charge is 2.66. The maximum atomic E-state index is 11.8. The third kappa shape index (κ3) is 2.70. The first-order valence-corrected chi connectivity index (χ1v) is 9.15. The summed E-state index contributed by atoms with van der Waals surface area (Å²) in [6.07, 6.45) is -0.373. The zero-order valence-corrected chi connectivity index (χ0v) is 13.1. The van der Waals surface area contributed by atoms with E-state index in [0.717, 1.165) is 6.08 Å². The van der Waals surface area contributed by atoms with Crippen LogP contribution in [-0.4, -0.2) is 61.6 Å². The van der Waals surface area contributed by atoms with E-state index in [1.807, 2.05) is 0 Å². The maximum absolute atomic E-state index is 11.8. The number of rotatable bonds is 5. The second-order valence-corrected chi connectivity index (χ2v) is 8.34. The summed E-state index contributed by atoms with van der Waals surface area (Å²) in [6.45, 7) is 3.34. The van der Waals surface area contributed by atoms with Gasteiger partial charge in [-0.1, -0.05) is 6.58 Å². The van der Waals surface area contributed by atoms with Crippen molar-refractivity contribution in [3.8, 4) is 0 Å². The average Bonchev–Trinajstić information content (AvgIpc) is 3.07. The molecule has 0 aromatic rings. The largest absolute Gasteiger partial charge is 0.461 e. The number of nitrogens with one attached hydrogen (secondary N) is 1. The van der Waals surface area contributed by atoms with E-state index in [1.165, 1.54) is 11.8 Å². The number of ether oxygens (including phenoxy) is 2. The molecule has 0 saturated carbocycles. The van der Waals surface area contributed by atoms with Crippen molar-refractivity contribution < 1.29 is 31.7 Å². The summed E-state index contributed by atoms with van der Waals surface area (Å²) < 4.78 is 38.6. The molecule has 0 aromatic heterocycles. The molecule has 0 aliphatic carbocycles. The zero-order valence-electron chi connectivity index (χ0n) is 11.5. The molecule has 1 N–H and O–H groups in total. The molecular formula is C12H15NO7S2. The van der Waals surface area contributed by atoms with Gasteiger partial charge in [0.1, 0.15) is 24.1 Å². The van der Waals surface area contributed by atoms with Crippen LogP contribution < -0.4 is 5.32 Å². The number of fused-ring (bicyclic) bond motifs is 1. The van der Waals surface area contributed by atoms with Crippen molar-refractivity contribution in [1.82, 2.24) is 5.32 Å². The Morgan fingerprint density at radius 2 is 2.23 bits per heavy atom. The molecule has 3 saturated heterocycles. The van der Waals surface area contributed by atoms with Crippen LogP contribution in [0.1, 0.15) is 6.42 Å². The Morgan fingerprint density at radius 3 is 2.95 bits per heavy atom. The SMILES string of the molecule is C=CC(=O)OCCNC(=O)OC1C2CC3C(S2)C1OS3(=O)=O. The van der Waals surface area contributed by atoms with Gasteiger partial charge >= 0.3 is 12.1 Å². The predicted octanol–water partition coefficient (Wildman–Crippen LogP) is -0.205. The normalized spacial score (nSPS) is 36.8. The minimum atomic E-state index is -3.53. The highest BCUT2D eigenvalue weighted by Crippen LogP contribution is 2.55. The smallest absolute Gasteiger partial charge is 0.407 e. The number of carbonyl (C=O) groups excluding carboxylic acids is 2. The van der Waals surface area contributed by atoms with Crippen molar-refractivity contribution in [2.45, 2.75) is 34.4 Å². The van der Waals surface area contributed by atoms with Crippen LogP contribution in [0, 0.1) is 0 Å². The monoisotopic (exact) mass is 349 g/mol. The molecule has 2 bridgehead atoms. The van der Waals surface area contributed by atoms with Crippen LogP contribution in [0.4, 0.5) is 4.79 Å². The molecule has 1 amide bonds. The van der Waals surface area contributed by atoms with Crippen LogP contribution in [0.15, 0.2) is 12.7 Å². The van der Waals surface area contributed by atoms with E-state index in [1.54, 1.807) is 0 Å². The summed E-state index contributed by atoms with van der Waals surface area (Å²) in [5, 5.41) is 1.76. The topological polar surface area (TPSA) is 108 Å². The van der Waals surface area contributed by atoms with Crippen LogP contribution in [-0.2, 0) is 28.6 Å². The number of carbonyl (C=O) groups is 2. The Labute approximate surface area is 131 Å². The Hall–Kier alpha value is -1.26. The lowest BCUT2D eigenvalue weighted by Gasteiger charge is -2.23. The molecule has 3 rings (SSSR count). The number of esters is 1. The van der Waals surface area contributed by atoms with Gasteiger partial charge in [-0.25, -0.2) is 9.59 Å². The van der Waals surface area contributed by atoms with Gasteiger partial charge < -0.3 is 14.8 Å². The average molecular weight is 349 g/mol. The van der Waals surface area contributed by atoms with Crippen LogP contribution in [0.25, 0.3) is 0 Å². The van der Waals surface area contributed by atoms with Gasteiger partial charge in [0.05, 0.1) is 11.8 Å². The van der Waals surface area contributed by atoms with Gasteiger partial charge in [0.15, 0.2) is 0 Å². The molecule has 3 aliphatic heterocycles. The second kappa shape index (κ2) is 5.74. The maximum Gasteiger partial charge on any atom is 0.407 e. The standard InChI is InChI=1S/C12H15NO7S2/c1-2-8(14)18-4-3-13-12(15)19-9-6-5-7-11(21-6)10(9)20-22(7,16)17/h2,6-7,9-11H,1,3-5H2,(H,13,15). The van der Waals surface area contributed by atoms with Crippen molar-refractivity contribution >= 4 is 33.9 Å². The van der Waals surface area contributed by atoms with Crippen LogP contribution in [0.3, 0.4) is 0 Å². The van der Waals surface area contributed by atoms with Gasteiger partial charge in [-0.2, -0.15) is 8.42 Å². The van der Waals surface area contributed by atoms with Crippen molar-refractivity contribution in [3.63, 3.8) is 0 Å². The third-order valence-corrected chi connectivity index (χ3v) is 7.43. The molecule has 8 nitrogen and oxygen atoms in total. The molecule has 0 spiro atoms. The lowest BCUT2D eigenvalue weighted by molar-refractivity contribution is -0.137. The van der Waals surface area contributed by atoms with Gasteiger partial charge in [0.2, 0.25) is 0 Å². The van der Waals surface area contributed by atoms with E-state index in [0.29, 0.717) is 6.42 Å². The molecule has 22 heavy (non-hydrogen) atoms. The number of amides is 1. The first kappa shape index (κ1) is 15.6. The third-order valence-electron chi connectivity index (χ3n) is 3.82. The quantitative estimate of drug-likeness (QED) is 0.314. The lowest BCUT2D eigenvalue weighted by Crippen LogP contribution is -2.43. The lowest BCUT2D eigenvalue weighted by atomic mass is 9.94. The van der Waals surface area contributed by atoms with Gasteiger partial charge in [0, 0.05) is 11.3 Å². The minimum Gasteiger partial charge on any atom is -0.461 e. The van der Waals surface area contributed by atoms with Crippen molar-refractivity contribution in [2.75, 3.05) is 13.2 Å². The summed E-state index contributed by atoms with van der Waals surface area (Å²) in [4.78, 5) is 22.5. The van der Waals surface area contributed by atoms with E-state index < -0.39 is 39.6 Å². The summed E-state index contributed by atoms with van der Waals surface area (Å²) in [5.41, 5.74) is 0. The Kier molecular flexibility index (Phi) is 4.08. The molecule has 5 atom stereocenters. The van der Waals surface area contributed by atoms with Crippen LogP contribution in [0.2, 0.25) is 0 Å². The van der Waals surface area contributed by atoms with Crippen molar-refractivity contribution in [1.29, 1.82) is 0 Å². The number of alkyl carbamates (subject to hydrolysis) is 1. The summed E-state index contributed by atoms with van der Waals surface area (Å²) in [7, 11) is -3.53. The summed E-state index contributed by atoms with van der Waals surface area (Å²) in [6, 6.07) is 0. The fourth-order valence-corrected chi connectivity index (χ4v) is 7.04. The Balaban J connectivity index is 1.47. The number of thioether (sulfide) groups is 1.